The number of carboxylic acids is 1. The molecule has 0 heterocycles. The monoisotopic (exact) mass is 290 g/mol. The van der Waals surface area contributed by atoms with Crippen molar-refractivity contribution in [2.45, 2.75) is 18.4 Å². The zero-order valence-electron chi connectivity index (χ0n) is 7.67. The first-order valence-electron chi connectivity index (χ1n) is 4.41. The zero-order valence-corrected chi connectivity index (χ0v) is 10.0. The maximum absolute atomic E-state index is 10.9. The zero-order chi connectivity index (χ0) is 11.1. The number of hydrogen-bond acceptors (Lipinski definition) is 2. The van der Waals surface area contributed by atoms with Crippen LogP contribution in [0.4, 0.5) is 0 Å². The van der Waals surface area contributed by atoms with Gasteiger partial charge in [0.1, 0.15) is 5.75 Å². The topological polar surface area (TPSA) is 46.5 Å². The van der Waals surface area contributed by atoms with E-state index in [9.17, 15) is 4.79 Å². The molecule has 2 rings (SSSR count). The molecular formula is C10H8BrClO3. The molecular weight excluding hydrogens is 283 g/mol. The van der Waals surface area contributed by atoms with Crippen molar-refractivity contribution in [3.05, 3.63) is 27.7 Å². The summed E-state index contributed by atoms with van der Waals surface area (Å²) in [5.41, 5.74) is -1.02. The average molecular weight is 292 g/mol. The fraction of sp³-hybridized carbons (Fsp3) is 0.300. The Morgan fingerprint density at radius 2 is 2.20 bits per heavy atom. The van der Waals surface area contributed by atoms with Crippen molar-refractivity contribution < 1.29 is 14.6 Å². The van der Waals surface area contributed by atoms with Crippen molar-refractivity contribution in [3.63, 3.8) is 0 Å². The third-order valence-corrected chi connectivity index (χ3v) is 3.15. The van der Waals surface area contributed by atoms with Crippen LogP contribution in [0.5, 0.6) is 5.75 Å². The number of hydrogen-bond donors (Lipinski definition) is 1. The number of halogens is 2. The molecule has 0 saturated heterocycles. The van der Waals surface area contributed by atoms with Gasteiger partial charge in [-0.25, -0.2) is 4.79 Å². The van der Waals surface area contributed by atoms with E-state index in [-0.39, 0.29) is 0 Å². The van der Waals surface area contributed by atoms with Crippen LogP contribution in [-0.2, 0) is 4.79 Å². The van der Waals surface area contributed by atoms with Gasteiger partial charge < -0.3 is 9.84 Å². The Labute approximate surface area is 100 Å². The molecule has 0 unspecified atom stereocenters. The maximum atomic E-state index is 10.9. The van der Waals surface area contributed by atoms with E-state index in [0.717, 1.165) is 0 Å². The summed E-state index contributed by atoms with van der Waals surface area (Å²) in [6.45, 7) is 0. The molecule has 0 amide bonds. The number of benzene rings is 1. The minimum Gasteiger partial charge on any atom is -0.478 e. The summed E-state index contributed by atoms with van der Waals surface area (Å²) in [7, 11) is 0. The van der Waals surface area contributed by atoms with Gasteiger partial charge in [0.15, 0.2) is 0 Å². The van der Waals surface area contributed by atoms with Crippen molar-refractivity contribution >= 4 is 33.5 Å². The van der Waals surface area contributed by atoms with Gasteiger partial charge in [-0.1, -0.05) is 11.6 Å². The smallest absolute Gasteiger partial charge is 0.348 e. The minimum atomic E-state index is -1.02. The third-order valence-electron chi connectivity index (χ3n) is 2.29. The molecule has 3 nitrogen and oxygen atoms in total. The first-order chi connectivity index (χ1) is 7.03. The number of carbonyl (C=O) groups is 1. The molecule has 1 aliphatic rings. The second-order valence-electron chi connectivity index (χ2n) is 3.48. The highest BCUT2D eigenvalue weighted by atomic mass is 79.9. The van der Waals surface area contributed by atoms with Gasteiger partial charge in [-0.2, -0.15) is 0 Å². The quantitative estimate of drug-likeness (QED) is 0.931. The van der Waals surface area contributed by atoms with Gasteiger partial charge in [0.25, 0.3) is 0 Å². The van der Waals surface area contributed by atoms with Gasteiger partial charge in [0.05, 0.1) is 4.47 Å². The largest absolute Gasteiger partial charge is 0.478 e. The van der Waals surface area contributed by atoms with E-state index < -0.39 is 11.6 Å². The van der Waals surface area contributed by atoms with E-state index in [2.05, 4.69) is 15.9 Å². The summed E-state index contributed by atoms with van der Waals surface area (Å²) in [5, 5.41) is 9.52. The molecule has 0 radical (unpaired) electrons. The summed E-state index contributed by atoms with van der Waals surface area (Å²) in [5.74, 6) is -0.399. The van der Waals surface area contributed by atoms with Crippen LogP contribution < -0.4 is 4.74 Å². The minimum absolute atomic E-state index is 0.513. The fourth-order valence-electron chi connectivity index (χ4n) is 1.24. The van der Waals surface area contributed by atoms with Crippen molar-refractivity contribution in [2.24, 2.45) is 0 Å². The molecule has 0 aliphatic heterocycles. The van der Waals surface area contributed by atoms with Gasteiger partial charge in [0, 0.05) is 17.9 Å². The molecule has 5 heteroatoms. The van der Waals surface area contributed by atoms with Gasteiger partial charge in [-0.05, 0) is 34.1 Å². The second-order valence-corrected chi connectivity index (χ2v) is 4.77. The summed E-state index contributed by atoms with van der Waals surface area (Å²) in [6.07, 6.45) is 1.11. The van der Waals surface area contributed by atoms with Crippen LogP contribution in [0.15, 0.2) is 22.7 Å². The summed E-state index contributed by atoms with van der Waals surface area (Å²) < 4.78 is 6.12. The Bertz CT molecular complexity index is 415. The van der Waals surface area contributed by atoms with Crippen LogP contribution >= 0.6 is 27.5 Å². The van der Waals surface area contributed by atoms with Gasteiger partial charge in [0.2, 0.25) is 5.60 Å². The molecule has 0 atom stereocenters. The van der Waals surface area contributed by atoms with Crippen LogP contribution in [0.2, 0.25) is 5.02 Å². The normalized spacial score (nSPS) is 17.2. The van der Waals surface area contributed by atoms with E-state index >= 15 is 0 Å². The Morgan fingerprint density at radius 3 is 2.67 bits per heavy atom. The van der Waals surface area contributed by atoms with Gasteiger partial charge >= 0.3 is 5.97 Å². The van der Waals surface area contributed by atoms with E-state index in [4.69, 9.17) is 21.4 Å². The second kappa shape index (κ2) is 3.68. The van der Waals surface area contributed by atoms with Crippen molar-refractivity contribution in [2.75, 3.05) is 0 Å². The Morgan fingerprint density at radius 1 is 1.53 bits per heavy atom. The van der Waals surface area contributed by atoms with E-state index in [1.807, 2.05) is 0 Å². The molecule has 0 spiro atoms. The van der Waals surface area contributed by atoms with E-state index in [1.165, 1.54) is 0 Å². The lowest BCUT2D eigenvalue weighted by Crippen LogP contribution is -2.29. The number of carboxylic acid groups (broad SMARTS) is 1. The summed E-state index contributed by atoms with van der Waals surface area (Å²) >= 11 is 9.04. The van der Waals surface area contributed by atoms with Crippen LogP contribution in [0, 0.1) is 0 Å². The first kappa shape index (κ1) is 10.8. The maximum Gasteiger partial charge on any atom is 0.348 e. The Kier molecular flexibility index (Phi) is 2.64. The number of rotatable bonds is 3. The van der Waals surface area contributed by atoms with Crippen LogP contribution in [-0.4, -0.2) is 16.7 Å². The Hall–Kier alpha value is -0.740. The number of aliphatic carboxylic acids is 1. The molecule has 15 heavy (non-hydrogen) atoms. The van der Waals surface area contributed by atoms with Crippen LogP contribution in [0.25, 0.3) is 0 Å². The summed E-state index contributed by atoms with van der Waals surface area (Å²) in [6, 6.07) is 5.00. The van der Waals surface area contributed by atoms with E-state index in [0.29, 0.717) is 28.1 Å². The molecule has 1 aromatic carbocycles. The molecule has 1 fully saturated rings. The average Bonchev–Trinajstić information content (AvgIpc) is 2.91. The molecule has 1 aliphatic carbocycles. The predicted molar refractivity (Wildman–Crippen MR) is 59.4 cm³/mol. The molecule has 1 N–H and O–H groups in total. The highest BCUT2D eigenvalue weighted by Crippen LogP contribution is 2.42. The highest BCUT2D eigenvalue weighted by Gasteiger charge is 2.53. The predicted octanol–water partition coefficient (Wildman–Crippen LogP) is 3.10. The lowest BCUT2D eigenvalue weighted by molar-refractivity contribution is -0.147. The van der Waals surface area contributed by atoms with Crippen molar-refractivity contribution in [1.82, 2.24) is 0 Å². The molecule has 1 saturated carbocycles. The van der Waals surface area contributed by atoms with Gasteiger partial charge in [-0.15, -0.1) is 0 Å². The molecule has 80 valence electrons. The molecule has 1 aromatic rings. The highest BCUT2D eigenvalue weighted by molar-refractivity contribution is 9.10. The lowest BCUT2D eigenvalue weighted by Gasteiger charge is -2.14. The molecule has 0 bridgehead atoms. The first-order valence-corrected chi connectivity index (χ1v) is 5.58. The van der Waals surface area contributed by atoms with Crippen LogP contribution in [0.3, 0.4) is 0 Å². The molecule has 0 aromatic heterocycles. The summed E-state index contributed by atoms with van der Waals surface area (Å²) in [4.78, 5) is 10.9. The van der Waals surface area contributed by atoms with Crippen LogP contribution in [0.1, 0.15) is 12.8 Å². The van der Waals surface area contributed by atoms with Crippen molar-refractivity contribution in [3.8, 4) is 5.75 Å². The fourth-order valence-corrected chi connectivity index (χ4v) is 2.01. The van der Waals surface area contributed by atoms with Gasteiger partial charge in [-0.3, -0.25) is 0 Å². The number of ether oxygens (including phenoxy) is 1. The van der Waals surface area contributed by atoms with E-state index in [1.54, 1.807) is 18.2 Å². The third kappa shape index (κ3) is 2.11. The lowest BCUT2D eigenvalue weighted by atomic mass is 10.3. The SMILES string of the molecule is O=C(O)C1(Oc2ccc(Cl)cc2Br)CC1. The van der Waals surface area contributed by atoms with Crippen molar-refractivity contribution in [1.29, 1.82) is 0 Å². The Balaban J connectivity index is 2.21. The standard InChI is InChI=1S/C10H8BrClO3/c11-7-5-6(12)1-2-8(7)15-10(3-4-10)9(13)14/h1-2,5H,3-4H2,(H,13,14).